The van der Waals surface area contributed by atoms with Gasteiger partial charge in [-0.1, -0.05) is 49.6 Å². The molecule has 1 unspecified atom stereocenters. The van der Waals surface area contributed by atoms with E-state index >= 15 is 0 Å². The molecule has 21 heavy (non-hydrogen) atoms. The Morgan fingerprint density at radius 3 is 2.62 bits per heavy atom. The minimum Gasteiger partial charge on any atom is -0.334 e. The van der Waals surface area contributed by atoms with Crippen molar-refractivity contribution in [3.8, 4) is 0 Å². The summed E-state index contributed by atoms with van der Waals surface area (Å²) in [6.07, 6.45) is 6.15. The lowest BCUT2D eigenvalue weighted by atomic mass is 9.78. The topological polar surface area (TPSA) is 32.3 Å². The Kier molecular flexibility index (Phi) is 4.29. The first kappa shape index (κ1) is 14.6. The molecular formula is C18H26N2O. The third-order valence-electron chi connectivity index (χ3n) is 5.26. The molecule has 3 rings (SSSR count). The highest BCUT2D eigenvalue weighted by molar-refractivity contribution is 5.84. The highest BCUT2D eigenvalue weighted by atomic mass is 16.2. The van der Waals surface area contributed by atoms with Crippen LogP contribution in [0.25, 0.3) is 0 Å². The van der Waals surface area contributed by atoms with Gasteiger partial charge in [0.25, 0.3) is 0 Å². The molecule has 1 aromatic rings. The van der Waals surface area contributed by atoms with Gasteiger partial charge in [0.05, 0.1) is 11.5 Å². The molecule has 1 amide bonds. The first-order valence-electron chi connectivity index (χ1n) is 8.30. The lowest BCUT2D eigenvalue weighted by molar-refractivity contribution is -0.142. The van der Waals surface area contributed by atoms with Crippen molar-refractivity contribution >= 4 is 5.91 Å². The van der Waals surface area contributed by atoms with Crippen LogP contribution >= 0.6 is 0 Å². The molecular weight excluding hydrogens is 260 g/mol. The second kappa shape index (κ2) is 6.18. The van der Waals surface area contributed by atoms with Crippen LogP contribution in [0.1, 0.15) is 50.5 Å². The molecule has 0 bridgehead atoms. The van der Waals surface area contributed by atoms with Gasteiger partial charge in [-0.15, -0.1) is 0 Å². The summed E-state index contributed by atoms with van der Waals surface area (Å²) in [4.78, 5) is 15.3. The van der Waals surface area contributed by atoms with Gasteiger partial charge in [0.2, 0.25) is 5.91 Å². The Labute approximate surface area is 127 Å². The molecule has 1 heterocycles. The summed E-state index contributed by atoms with van der Waals surface area (Å²) >= 11 is 0. The lowest BCUT2D eigenvalue weighted by Gasteiger charge is -2.50. The van der Waals surface area contributed by atoms with Crippen LogP contribution in [0.2, 0.25) is 0 Å². The molecule has 2 aliphatic rings. The SMILES string of the molecule is CC(C(=O)N1CCNCC12CCCCC2)c1ccccc1. The van der Waals surface area contributed by atoms with E-state index in [1.807, 2.05) is 18.2 Å². The monoisotopic (exact) mass is 286 g/mol. The fourth-order valence-electron chi connectivity index (χ4n) is 3.96. The molecule has 1 saturated carbocycles. The number of piperazine rings is 1. The van der Waals surface area contributed by atoms with Crippen molar-refractivity contribution in [2.45, 2.75) is 50.5 Å². The van der Waals surface area contributed by atoms with E-state index in [9.17, 15) is 4.79 Å². The maximum Gasteiger partial charge on any atom is 0.230 e. The molecule has 1 aliphatic carbocycles. The number of rotatable bonds is 2. The standard InChI is InChI=1S/C18H26N2O/c1-15(16-8-4-2-5-9-16)17(21)20-13-12-19-14-18(20)10-6-3-7-11-18/h2,4-5,8-9,15,19H,3,6-7,10-14H2,1H3. The smallest absolute Gasteiger partial charge is 0.230 e. The first-order chi connectivity index (χ1) is 10.2. The maximum atomic E-state index is 13.1. The number of hydrogen-bond acceptors (Lipinski definition) is 2. The third kappa shape index (κ3) is 2.84. The van der Waals surface area contributed by atoms with E-state index in [2.05, 4.69) is 29.3 Å². The molecule has 0 radical (unpaired) electrons. The van der Waals surface area contributed by atoms with Crippen LogP contribution in [-0.4, -0.2) is 36.0 Å². The van der Waals surface area contributed by atoms with E-state index in [1.165, 1.54) is 19.3 Å². The van der Waals surface area contributed by atoms with Crippen LogP contribution in [0.3, 0.4) is 0 Å². The molecule has 1 aliphatic heterocycles. The van der Waals surface area contributed by atoms with Crippen molar-refractivity contribution in [1.29, 1.82) is 0 Å². The van der Waals surface area contributed by atoms with E-state index in [0.717, 1.165) is 38.0 Å². The highest BCUT2D eigenvalue weighted by Gasteiger charge is 2.43. The molecule has 1 N–H and O–H groups in total. The van der Waals surface area contributed by atoms with E-state index < -0.39 is 0 Å². The third-order valence-corrected chi connectivity index (χ3v) is 5.26. The summed E-state index contributed by atoms with van der Waals surface area (Å²) < 4.78 is 0. The second-order valence-electron chi connectivity index (χ2n) is 6.58. The number of carbonyl (C=O) groups excluding carboxylic acids is 1. The van der Waals surface area contributed by atoms with Crippen LogP contribution in [-0.2, 0) is 4.79 Å². The fraction of sp³-hybridized carbons (Fsp3) is 0.611. The molecule has 1 aromatic carbocycles. The summed E-state index contributed by atoms with van der Waals surface area (Å²) in [5.74, 6) is 0.271. The minimum absolute atomic E-state index is 0.0388. The van der Waals surface area contributed by atoms with Crippen molar-refractivity contribution in [2.75, 3.05) is 19.6 Å². The van der Waals surface area contributed by atoms with Gasteiger partial charge in [0.15, 0.2) is 0 Å². The Hall–Kier alpha value is -1.35. The largest absolute Gasteiger partial charge is 0.334 e. The number of amides is 1. The van der Waals surface area contributed by atoms with E-state index in [1.54, 1.807) is 0 Å². The van der Waals surface area contributed by atoms with Gasteiger partial charge in [-0.25, -0.2) is 0 Å². The van der Waals surface area contributed by atoms with Gasteiger partial charge in [0.1, 0.15) is 0 Å². The van der Waals surface area contributed by atoms with Gasteiger partial charge in [-0.3, -0.25) is 4.79 Å². The van der Waals surface area contributed by atoms with E-state index in [-0.39, 0.29) is 11.5 Å². The highest BCUT2D eigenvalue weighted by Crippen LogP contribution is 2.36. The van der Waals surface area contributed by atoms with Crippen LogP contribution in [0.4, 0.5) is 0 Å². The predicted molar refractivity (Wildman–Crippen MR) is 85.3 cm³/mol. The summed E-state index contributed by atoms with van der Waals surface area (Å²) in [5, 5.41) is 3.51. The predicted octanol–water partition coefficient (Wildman–Crippen LogP) is 2.92. The Morgan fingerprint density at radius 2 is 1.90 bits per heavy atom. The Balaban J connectivity index is 1.81. The Bertz CT molecular complexity index is 471. The van der Waals surface area contributed by atoms with Crippen molar-refractivity contribution in [1.82, 2.24) is 10.2 Å². The number of carbonyl (C=O) groups is 1. The van der Waals surface area contributed by atoms with Crippen molar-refractivity contribution < 1.29 is 4.79 Å². The normalized spacial score (nSPS) is 23.0. The Morgan fingerprint density at radius 1 is 1.19 bits per heavy atom. The van der Waals surface area contributed by atoms with Crippen molar-refractivity contribution in [3.63, 3.8) is 0 Å². The zero-order valence-corrected chi connectivity index (χ0v) is 13.0. The van der Waals surface area contributed by atoms with Crippen molar-refractivity contribution in [3.05, 3.63) is 35.9 Å². The second-order valence-corrected chi connectivity index (χ2v) is 6.58. The quantitative estimate of drug-likeness (QED) is 0.906. The van der Waals surface area contributed by atoms with E-state index in [4.69, 9.17) is 0 Å². The zero-order chi connectivity index (χ0) is 14.7. The molecule has 0 aromatic heterocycles. The summed E-state index contributed by atoms with van der Waals surface area (Å²) in [5.41, 5.74) is 1.21. The molecule has 2 fully saturated rings. The van der Waals surface area contributed by atoms with Crippen LogP contribution in [0.5, 0.6) is 0 Å². The minimum atomic E-state index is -0.0388. The van der Waals surface area contributed by atoms with Gasteiger partial charge in [-0.2, -0.15) is 0 Å². The average molecular weight is 286 g/mol. The van der Waals surface area contributed by atoms with Crippen molar-refractivity contribution in [2.24, 2.45) is 0 Å². The van der Waals surface area contributed by atoms with E-state index in [0.29, 0.717) is 5.91 Å². The van der Waals surface area contributed by atoms with Gasteiger partial charge < -0.3 is 10.2 Å². The summed E-state index contributed by atoms with van der Waals surface area (Å²) in [6, 6.07) is 10.2. The number of nitrogens with zero attached hydrogens (tertiary/aromatic N) is 1. The first-order valence-corrected chi connectivity index (χ1v) is 8.30. The number of benzene rings is 1. The number of hydrogen-bond donors (Lipinski definition) is 1. The molecule has 114 valence electrons. The van der Waals surface area contributed by atoms with Gasteiger partial charge >= 0.3 is 0 Å². The summed E-state index contributed by atoms with van der Waals surface area (Å²) in [7, 11) is 0. The zero-order valence-electron chi connectivity index (χ0n) is 13.0. The molecule has 1 spiro atoms. The molecule has 1 atom stereocenters. The maximum absolute atomic E-state index is 13.1. The molecule has 3 heteroatoms. The molecule has 1 saturated heterocycles. The average Bonchev–Trinajstić information content (AvgIpc) is 2.55. The van der Waals surface area contributed by atoms with Crippen LogP contribution in [0, 0.1) is 0 Å². The van der Waals surface area contributed by atoms with Gasteiger partial charge in [-0.05, 0) is 25.3 Å². The summed E-state index contributed by atoms with van der Waals surface area (Å²) in [6.45, 7) is 4.81. The van der Waals surface area contributed by atoms with Gasteiger partial charge in [0, 0.05) is 19.6 Å². The molecule has 3 nitrogen and oxygen atoms in total. The number of nitrogens with one attached hydrogen (secondary N) is 1. The lowest BCUT2D eigenvalue weighted by Crippen LogP contribution is -2.64. The fourth-order valence-corrected chi connectivity index (χ4v) is 3.96. The van der Waals surface area contributed by atoms with Crippen LogP contribution in [0.15, 0.2) is 30.3 Å². The van der Waals surface area contributed by atoms with Crippen LogP contribution < -0.4 is 5.32 Å².